The average molecular weight is 407 g/mol. The average Bonchev–Trinajstić information content (AvgIpc) is 2.70. The highest BCUT2D eigenvalue weighted by molar-refractivity contribution is 5.07. The van der Waals surface area contributed by atoms with Crippen molar-refractivity contribution in [2.24, 2.45) is 5.41 Å². The summed E-state index contributed by atoms with van der Waals surface area (Å²) in [6.45, 7) is 2.23. The van der Waals surface area contributed by atoms with E-state index in [2.05, 4.69) is 0 Å². The van der Waals surface area contributed by atoms with Crippen molar-refractivity contribution >= 4 is 0 Å². The molecule has 0 spiro atoms. The largest absolute Gasteiger partial charge is 0.394 e. The smallest absolute Gasteiger partial charge is 0.186 e. The van der Waals surface area contributed by atoms with E-state index in [0.29, 0.717) is 6.42 Å². The highest BCUT2D eigenvalue weighted by Gasteiger charge is 2.51. The van der Waals surface area contributed by atoms with Gasteiger partial charge in [-0.1, -0.05) is 6.92 Å². The molecule has 0 unspecified atom stereocenters. The van der Waals surface area contributed by atoms with Gasteiger partial charge < -0.3 is 50.0 Å². The SMILES string of the molecule is CC[C@](C)(C#N)[C@@H]1O[C@H](CO[C@@H]2O[C@H](CO)[C@@H](O)[C@H](O)[C@H]2O)[C@@H](O)[C@H](O)[C@H]1O. The van der Waals surface area contributed by atoms with E-state index in [0.717, 1.165) is 0 Å². The third-order valence-corrected chi connectivity index (χ3v) is 5.60. The molecule has 162 valence electrons. The molecule has 0 aliphatic carbocycles. The van der Waals surface area contributed by atoms with E-state index in [1.807, 2.05) is 6.07 Å². The van der Waals surface area contributed by atoms with Crippen LogP contribution in [0.15, 0.2) is 0 Å². The summed E-state index contributed by atoms with van der Waals surface area (Å²) in [4.78, 5) is 0. The van der Waals surface area contributed by atoms with Gasteiger partial charge in [-0.2, -0.15) is 5.26 Å². The molecular weight excluding hydrogens is 378 g/mol. The Morgan fingerprint density at radius 1 is 0.893 bits per heavy atom. The van der Waals surface area contributed by atoms with Crippen LogP contribution >= 0.6 is 0 Å². The van der Waals surface area contributed by atoms with Crippen LogP contribution in [0.1, 0.15) is 20.3 Å². The van der Waals surface area contributed by atoms with Crippen molar-refractivity contribution in [3.05, 3.63) is 0 Å². The van der Waals surface area contributed by atoms with Crippen LogP contribution in [0.3, 0.4) is 0 Å². The molecule has 0 bridgehead atoms. The second-order valence-electron chi connectivity index (χ2n) is 7.48. The summed E-state index contributed by atoms with van der Waals surface area (Å²) in [5.74, 6) is 0. The Kier molecular flexibility index (Phi) is 7.74. The standard InChI is InChI=1S/C17H29NO10/c1-3-17(2,6-18)15-13(24)11(22)10(21)8(27-15)5-26-16-14(25)12(23)9(20)7(4-19)28-16/h7-16,19-25H,3-5H2,1-2H3/t7-,8-,9-,10-,11+,12+,13-,14-,15-,16-,17-/m1/s1. The zero-order chi connectivity index (χ0) is 21.2. The normalized spacial score (nSPS) is 46.6. The van der Waals surface area contributed by atoms with Gasteiger partial charge in [-0.15, -0.1) is 0 Å². The Bertz CT molecular complexity index is 557. The van der Waals surface area contributed by atoms with Crippen LogP contribution in [0, 0.1) is 16.7 Å². The van der Waals surface area contributed by atoms with Crippen molar-refractivity contribution < 1.29 is 50.0 Å². The van der Waals surface area contributed by atoms with Gasteiger partial charge in [0.25, 0.3) is 0 Å². The summed E-state index contributed by atoms with van der Waals surface area (Å²) in [5, 5.41) is 78.8. The van der Waals surface area contributed by atoms with Crippen LogP contribution in [0.5, 0.6) is 0 Å². The lowest BCUT2D eigenvalue weighted by Crippen LogP contribution is -2.63. The summed E-state index contributed by atoms with van der Waals surface area (Å²) < 4.78 is 16.2. The lowest BCUT2D eigenvalue weighted by molar-refractivity contribution is -0.316. The van der Waals surface area contributed by atoms with Gasteiger partial charge in [0.1, 0.15) is 54.9 Å². The fourth-order valence-electron chi connectivity index (χ4n) is 3.35. The van der Waals surface area contributed by atoms with E-state index in [4.69, 9.17) is 14.2 Å². The van der Waals surface area contributed by atoms with Crippen LogP contribution < -0.4 is 0 Å². The highest BCUT2D eigenvalue weighted by atomic mass is 16.7. The lowest BCUT2D eigenvalue weighted by atomic mass is 9.76. The van der Waals surface area contributed by atoms with Crippen LogP contribution in [0.4, 0.5) is 0 Å². The fourth-order valence-corrected chi connectivity index (χ4v) is 3.35. The molecule has 2 aliphatic heterocycles. The Hall–Kier alpha value is -0.910. The van der Waals surface area contributed by atoms with Crippen LogP contribution in [-0.2, 0) is 14.2 Å². The molecule has 2 heterocycles. The minimum absolute atomic E-state index is 0.314. The van der Waals surface area contributed by atoms with Crippen molar-refractivity contribution in [1.29, 1.82) is 5.26 Å². The molecular formula is C17H29NO10. The summed E-state index contributed by atoms with van der Waals surface area (Å²) in [7, 11) is 0. The monoisotopic (exact) mass is 407 g/mol. The fraction of sp³-hybridized carbons (Fsp3) is 0.941. The van der Waals surface area contributed by atoms with Crippen LogP contribution in [0.25, 0.3) is 0 Å². The second kappa shape index (κ2) is 9.27. The molecule has 0 aromatic rings. The van der Waals surface area contributed by atoms with E-state index in [9.17, 15) is 41.0 Å². The maximum absolute atomic E-state index is 10.2. The van der Waals surface area contributed by atoms with E-state index in [-0.39, 0.29) is 0 Å². The van der Waals surface area contributed by atoms with Crippen molar-refractivity contribution in [1.82, 2.24) is 0 Å². The van der Waals surface area contributed by atoms with Crippen molar-refractivity contribution in [2.45, 2.75) is 81.5 Å². The molecule has 2 fully saturated rings. The maximum atomic E-state index is 10.2. The molecule has 7 N–H and O–H groups in total. The first-order valence-corrected chi connectivity index (χ1v) is 9.14. The molecule has 0 saturated carbocycles. The quantitative estimate of drug-likeness (QED) is 0.232. The number of nitriles is 1. The highest BCUT2D eigenvalue weighted by Crippen LogP contribution is 2.36. The molecule has 28 heavy (non-hydrogen) atoms. The van der Waals surface area contributed by atoms with Gasteiger partial charge in [-0.05, 0) is 13.3 Å². The number of hydrogen-bond acceptors (Lipinski definition) is 11. The lowest BCUT2D eigenvalue weighted by Gasteiger charge is -2.46. The molecule has 0 aromatic carbocycles. The second-order valence-corrected chi connectivity index (χ2v) is 7.48. The van der Waals surface area contributed by atoms with E-state index in [1.165, 1.54) is 0 Å². The van der Waals surface area contributed by atoms with E-state index in [1.54, 1.807) is 13.8 Å². The van der Waals surface area contributed by atoms with Crippen molar-refractivity contribution in [3.63, 3.8) is 0 Å². The Morgan fingerprint density at radius 2 is 1.46 bits per heavy atom. The molecule has 0 amide bonds. The van der Waals surface area contributed by atoms with Crippen LogP contribution in [0.2, 0.25) is 0 Å². The summed E-state index contributed by atoms with van der Waals surface area (Å²) in [6, 6.07) is 2.05. The molecule has 11 atom stereocenters. The number of aliphatic hydroxyl groups excluding tert-OH is 7. The molecule has 2 rings (SSSR count). The van der Waals surface area contributed by atoms with Gasteiger partial charge in [-0.3, -0.25) is 0 Å². The third-order valence-electron chi connectivity index (χ3n) is 5.60. The number of rotatable bonds is 6. The van der Waals surface area contributed by atoms with E-state index < -0.39 is 79.9 Å². The van der Waals surface area contributed by atoms with Gasteiger partial charge >= 0.3 is 0 Å². The molecule has 11 nitrogen and oxygen atoms in total. The number of nitrogens with zero attached hydrogens (tertiary/aromatic N) is 1. The van der Waals surface area contributed by atoms with Gasteiger partial charge in [0.2, 0.25) is 0 Å². The van der Waals surface area contributed by atoms with Gasteiger partial charge in [0.05, 0.1) is 24.7 Å². The molecule has 0 radical (unpaired) electrons. The minimum Gasteiger partial charge on any atom is -0.394 e. The van der Waals surface area contributed by atoms with Gasteiger partial charge in [-0.25, -0.2) is 0 Å². The van der Waals surface area contributed by atoms with Gasteiger partial charge in [0, 0.05) is 0 Å². The van der Waals surface area contributed by atoms with Crippen molar-refractivity contribution in [2.75, 3.05) is 13.2 Å². The van der Waals surface area contributed by atoms with Crippen molar-refractivity contribution in [3.8, 4) is 6.07 Å². The summed E-state index contributed by atoms with van der Waals surface area (Å²) >= 11 is 0. The Morgan fingerprint density at radius 3 is 2.00 bits per heavy atom. The molecule has 2 aliphatic rings. The van der Waals surface area contributed by atoms with Crippen LogP contribution in [-0.4, -0.2) is 110 Å². The summed E-state index contributed by atoms with van der Waals surface area (Å²) in [5.41, 5.74) is -1.14. The molecule has 11 heteroatoms. The first-order valence-electron chi connectivity index (χ1n) is 9.14. The predicted octanol–water partition coefficient (Wildman–Crippen LogP) is -3.41. The Labute approximate surface area is 162 Å². The maximum Gasteiger partial charge on any atom is 0.186 e. The first-order chi connectivity index (χ1) is 13.1. The minimum atomic E-state index is -1.63. The third kappa shape index (κ3) is 4.31. The van der Waals surface area contributed by atoms with Gasteiger partial charge in [0.15, 0.2) is 6.29 Å². The predicted molar refractivity (Wildman–Crippen MR) is 90.4 cm³/mol. The topological polar surface area (TPSA) is 193 Å². The van der Waals surface area contributed by atoms with E-state index >= 15 is 0 Å². The zero-order valence-corrected chi connectivity index (χ0v) is 15.7. The number of ether oxygens (including phenoxy) is 3. The molecule has 2 saturated heterocycles. The Balaban J connectivity index is 2.09. The molecule has 0 aromatic heterocycles. The number of aliphatic hydroxyl groups is 7. The zero-order valence-electron chi connectivity index (χ0n) is 15.7. The summed E-state index contributed by atoms with van der Waals surface area (Å²) in [6.07, 6.45) is -14.0. The number of hydrogen-bond donors (Lipinski definition) is 7. The first kappa shape index (κ1) is 23.4.